The second kappa shape index (κ2) is 6.30. The molecule has 0 fully saturated rings. The van der Waals surface area contributed by atoms with Crippen molar-refractivity contribution >= 4 is 12.0 Å². The summed E-state index contributed by atoms with van der Waals surface area (Å²) in [6, 6.07) is 3.56. The van der Waals surface area contributed by atoms with Crippen LogP contribution in [-0.4, -0.2) is 17.6 Å². The lowest BCUT2D eigenvalue weighted by atomic mass is 10.1. The zero-order chi connectivity index (χ0) is 12.7. The third-order valence-corrected chi connectivity index (χ3v) is 1.94. The average Bonchev–Trinajstić information content (AvgIpc) is 2.28. The monoisotopic (exact) mass is 235 g/mol. The maximum atomic E-state index is 13.1. The van der Waals surface area contributed by atoms with Crippen LogP contribution < -0.4 is 0 Å². The molecule has 0 bridgehead atoms. The van der Waals surface area contributed by atoms with Gasteiger partial charge in [-0.15, -0.1) is 0 Å². The minimum Gasteiger partial charge on any atom is -0.478 e. The second-order valence-electron chi connectivity index (χ2n) is 3.22. The van der Waals surface area contributed by atoms with Crippen molar-refractivity contribution in [3.63, 3.8) is 0 Å². The molecule has 0 aromatic heterocycles. The molecule has 6 heteroatoms. The van der Waals surface area contributed by atoms with E-state index in [1.165, 1.54) is 12.1 Å². The van der Waals surface area contributed by atoms with Crippen molar-refractivity contribution in [2.45, 2.75) is 6.42 Å². The lowest BCUT2D eigenvalue weighted by Crippen LogP contribution is -1.97. The van der Waals surface area contributed by atoms with E-state index in [1.807, 2.05) is 0 Å². The lowest BCUT2D eigenvalue weighted by molar-refractivity contribution is 0.0696. The summed E-state index contributed by atoms with van der Waals surface area (Å²) in [5.74, 6) is -1.77. The zero-order valence-electron chi connectivity index (χ0n) is 8.88. The Balaban J connectivity index is 2.77. The molecule has 0 amide bonds. The third-order valence-electron chi connectivity index (χ3n) is 1.94. The third kappa shape index (κ3) is 4.36. The van der Waals surface area contributed by atoms with Gasteiger partial charge in [0.15, 0.2) is 0 Å². The van der Waals surface area contributed by atoms with Crippen LogP contribution in [0.15, 0.2) is 29.4 Å². The van der Waals surface area contributed by atoms with Gasteiger partial charge in [-0.05, 0) is 35.7 Å². The molecular weight excluding hydrogens is 225 g/mol. The standard InChI is InChI=1S/C11H10FN3O2/c12-10-6-8(3-1-2-4-14-15-13)5-9(7-10)11(16)17/h1,3,5-7H,2,4H2,(H,16,17). The molecule has 17 heavy (non-hydrogen) atoms. The Bertz CT molecular complexity index is 493. The van der Waals surface area contributed by atoms with Crippen molar-refractivity contribution in [3.8, 4) is 0 Å². The molecule has 0 saturated heterocycles. The van der Waals surface area contributed by atoms with E-state index in [-0.39, 0.29) is 5.56 Å². The molecule has 0 atom stereocenters. The van der Waals surface area contributed by atoms with Crippen LogP contribution in [0.1, 0.15) is 22.3 Å². The lowest BCUT2D eigenvalue weighted by Gasteiger charge is -1.98. The van der Waals surface area contributed by atoms with Crippen LogP contribution >= 0.6 is 0 Å². The fourth-order valence-electron chi connectivity index (χ4n) is 1.23. The summed E-state index contributed by atoms with van der Waals surface area (Å²) in [6.07, 6.45) is 3.79. The van der Waals surface area contributed by atoms with Gasteiger partial charge in [0.05, 0.1) is 5.56 Å². The highest BCUT2D eigenvalue weighted by Gasteiger charge is 2.05. The SMILES string of the molecule is [N-]=[N+]=NCCC=Cc1cc(F)cc(C(=O)O)c1. The molecule has 5 nitrogen and oxygen atoms in total. The number of carbonyl (C=O) groups is 1. The van der Waals surface area contributed by atoms with Gasteiger partial charge in [0.25, 0.3) is 0 Å². The van der Waals surface area contributed by atoms with Crippen LogP contribution in [0.3, 0.4) is 0 Å². The van der Waals surface area contributed by atoms with Crippen molar-refractivity contribution < 1.29 is 14.3 Å². The van der Waals surface area contributed by atoms with Crippen molar-refractivity contribution in [1.82, 2.24) is 0 Å². The highest BCUT2D eigenvalue weighted by molar-refractivity contribution is 5.88. The maximum Gasteiger partial charge on any atom is 0.335 e. The van der Waals surface area contributed by atoms with Crippen LogP contribution in [0.2, 0.25) is 0 Å². The summed E-state index contributed by atoms with van der Waals surface area (Å²) >= 11 is 0. The summed E-state index contributed by atoms with van der Waals surface area (Å²) in [5.41, 5.74) is 8.40. The molecule has 0 unspecified atom stereocenters. The maximum absolute atomic E-state index is 13.1. The summed E-state index contributed by atoms with van der Waals surface area (Å²) in [4.78, 5) is 13.3. The minimum absolute atomic E-state index is 0.0975. The highest BCUT2D eigenvalue weighted by Crippen LogP contribution is 2.11. The number of azide groups is 1. The Labute approximate surface area is 96.8 Å². The molecule has 1 N–H and O–H groups in total. The van der Waals surface area contributed by atoms with Gasteiger partial charge in [0, 0.05) is 11.5 Å². The van der Waals surface area contributed by atoms with Crippen LogP contribution in [0.25, 0.3) is 16.5 Å². The van der Waals surface area contributed by atoms with Crippen molar-refractivity contribution in [2.75, 3.05) is 6.54 Å². The van der Waals surface area contributed by atoms with Gasteiger partial charge >= 0.3 is 5.97 Å². The Hall–Kier alpha value is -2.33. The molecule has 1 aromatic rings. The summed E-state index contributed by atoms with van der Waals surface area (Å²) in [7, 11) is 0. The van der Waals surface area contributed by atoms with Gasteiger partial charge in [-0.1, -0.05) is 17.3 Å². The van der Waals surface area contributed by atoms with Crippen LogP contribution in [0.5, 0.6) is 0 Å². The molecule has 88 valence electrons. The minimum atomic E-state index is -1.17. The number of aromatic carboxylic acids is 1. The highest BCUT2D eigenvalue weighted by atomic mass is 19.1. The Kier molecular flexibility index (Phi) is 4.72. The molecule has 1 aromatic carbocycles. The first kappa shape index (κ1) is 12.7. The molecule has 0 aliphatic carbocycles. The van der Waals surface area contributed by atoms with E-state index in [0.717, 1.165) is 6.07 Å². The van der Waals surface area contributed by atoms with Gasteiger partial charge in [-0.25, -0.2) is 9.18 Å². The largest absolute Gasteiger partial charge is 0.478 e. The van der Waals surface area contributed by atoms with E-state index < -0.39 is 11.8 Å². The molecule has 0 heterocycles. The fraction of sp³-hybridized carbons (Fsp3) is 0.182. The molecule has 0 aliphatic rings. The van der Waals surface area contributed by atoms with Gasteiger partial charge in [0.2, 0.25) is 0 Å². The first-order chi connectivity index (χ1) is 8.13. The summed E-state index contributed by atoms with van der Waals surface area (Å²) in [6.45, 7) is 0.314. The number of carboxylic acids is 1. The first-order valence-electron chi connectivity index (χ1n) is 4.85. The van der Waals surface area contributed by atoms with E-state index in [1.54, 1.807) is 12.2 Å². The predicted molar refractivity (Wildman–Crippen MR) is 61.0 cm³/mol. The Morgan fingerprint density at radius 2 is 2.29 bits per heavy atom. The van der Waals surface area contributed by atoms with Gasteiger partial charge in [-0.3, -0.25) is 0 Å². The Morgan fingerprint density at radius 1 is 1.53 bits per heavy atom. The van der Waals surface area contributed by atoms with E-state index in [0.29, 0.717) is 18.5 Å². The van der Waals surface area contributed by atoms with Gasteiger partial charge < -0.3 is 5.11 Å². The number of nitrogens with zero attached hydrogens (tertiary/aromatic N) is 3. The number of hydrogen-bond acceptors (Lipinski definition) is 2. The molecule has 0 radical (unpaired) electrons. The molecule has 1 rings (SSSR count). The van der Waals surface area contributed by atoms with E-state index >= 15 is 0 Å². The number of halogens is 1. The number of carboxylic acid groups (broad SMARTS) is 1. The fourth-order valence-corrected chi connectivity index (χ4v) is 1.23. The van der Waals surface area contributed by atoms with E-state index in [4.69, 9.17) is 10.6 Å². The zero-order valence-corrected chi connectivity index (χ0v) is 8.88. The molecule has 0 saturated carbocycles. The molecule has 0 spiro atoms. The van der Waals surface area contributed by atoms with Crippen molar-refractivity contribution in [3.05, 3.63) is 51.7 Å². The first-order valence-corrected chi connectivity index (χ1v) is 4.85. The molecular formula is C11H10FN3O2. The molecule has 0 aliphatic heterocycles. The van der Waals surface area contributed by atoms with E-state index in [9.17, 15) is 9.18 Å². The number of hydrogen-bond donors (Lipinski definition) is 1. The summed E-state index contributed by atoms with van der Waals surface area (Å²) in [5, 5.41) is 12.1. The normalized spacial score (nSPS) is 10.2. The van der Waals surface area contributed by atoms with E-state index in [2.05, 4.69) is 10.0 Å². The predicted octanol–water partition coefficient (Wildman–Crippen LogP) is 3.24. The smallest absolute Gasteiger partial charge is 0.335 e. The van der Waals surface area contributed by atoms with Crippen molar-refractivity contribution in [2.24, 2.45) is 5.11 Å². The quantitative estimate of drug-likeness (QED) is 0.367. The van der Waals surface area contributed by atoms with Gasteiger partial charge in [-0.2, -0.15) is 0 Å². The number of rotatable bonds is 5. The Morgan fingerprint density at radius 3 is 2.94 bits per heavy atom. The second-order valence-corrected chi connectivity index (χ2v) is 3.22. The number of benzene rings is 1. The van der Waals surface area contributed by atoms with Gasteiger partial charge in [0.1, 0.15) is 5.82 Å². The van der Waals surface area contributed by atoms with Crippen LogP contribution in [-0.2, 0) is 0 Å². The summed E-state index contributed by atoms with van der Waals surface area (Å²) < 4.78 is 13.1. The van der Waals surface area contributed by atoms with Crippen LogP contribution in [0, 0.1) is 5.82 Å². The van der Waals surface area contributed by atoms with Crippen molar-refractivity contribution in [1.29, 1.82) is 0 Å². The van der Waals surface area contributed by atoms with Crippen LogP contribution in [0.4, 0.5) is 4.39 Å². The topological polar surface area (TPSA) is 86.1 Å². The average molecular weight is 235 g/mol.